The van der Waals surface area contributed by atoms with E-state index in [1.807, 2.05) is 0 Å². The topological polar surface area (TPSA) is 62.7 Å². The number of hydrogen-bond acceptors (Lipinski definition) is 4. The molecule has 1 atom stereocenters. The zero-order valence-corrected chi connectivity index (χ0v) is 12.8. The van der Waals surface area contributed by atoms with Gasteiger partial charge in [-0.3, -0.25) is 10.2 Å². The van der Waals surface area contributed by atoms with Gasteiger partial charge in [0, 0.05) is 6.20 Å². The Morgan fingerprint density at radius 3 is 2.36 bits per heavy atom. The maximum atomic E-state index is 12.4. The first-order valence-corrected chi connectivity index (χ1v) is 6.63. The lowest BCUT2D eigenvalue weighted by atomic mass is 10.1. The van der Waals surface area contributed by atoms with Crippen molar-refractivity contribution in [2.24, 2.45) is 0 Å². The molecule has 0 saturated heterocycles. The Labute approximate surface area is 126 Å². The molecule has 1 aromatic heterocycles. The fourth-order valence-electron chi connectivity index (χ4n) is 1.63. The third-order valence-corrected chi connectivity index (χ3v) is 2.64. The molecule has 1 amide bonds. The lowest BCUT2D eigenvalue weighted by Gasteiger charge is -2.26. The summed E-state index contributed by atoms with van der Waals surface area (Å²) in [4.78, 5) is 15.0. The van der Waals surface area contributed by atoms with Crippen molar-refractivity contribution >= 4 is 6.09 Å². The monoisotopic (exact) mass is 320 g/mol. The number of carbonyl (C=O) groups is 1. The number of pyridine rings is 1. The maximum absolute atomic E-state index is 12.4. The quantitative estimate of drug-likeness (QED) is 0.682. The predicted molar refractivity (Wildman–Crippen MR) is 72.3 cm³/mol. The number of alkyl halides is 3. The fraction of sp³-hybridized carbons (Fsp3) is 0.571. The minimum absolute atomic E-state index is 0.140. The Bertz CT molecular complexity index is 510. The zero-order chi connectivity index (χ0) is 17.1. The molecule has 0 bridgehead atoms. The fourth-order valence-corrected chi connectivity index (χ4v) is 1.63. The molecule has 1 N–H and O–H groups in total. The van der Waals surface area contributed by atoms with E-state index in [1.54, 1.807) is 27.7 Å². The van der Waals surface area contributed by atoms with E-state index in [2.05, 4.69) is 4.98 Å². The largest absolute Gasteiger partial charge is 0.442 e. The van der Waals surface area contributed by atoms with Crippen LogP contribution in [0.3, 0.4) is 0 Å². The highest BCUT2D eigenvalue weighted by atomic mass is 19.4. The van der Waals surface area contributed by atoms with Crippen molar-refractivity contribution < 1.29 is 27.9 Å². The van der Waals surface area contributed by atoms with E-state index in [-0.39, 0.29) is 6.42 Å². The normalized spacial score (nSPS) is 13.6. The Morgan fingerprint density at radius 1 is 1.36 bits per heavy atom. The van der Waals surface area contributed by atoms with Crippen molar-refractivity contribution in [3.63, 3.8) is 0 Å². The van der Waals surface area contributed by atoms with Gasteiger partial charge in [-0.2, -0.15) is 18.2 Å². The number of hydrogen-bond donors (Lipinski definition) is 1. The highest BCUT2D eigenvalue weighted by molar-refractivity contribution is 5.67. The van der Waals surface area contributed by atoms with Crippen LogP contribution in [0.1, 0.15) is 39.0 Å². The van der Waals surface area contributed by atoms with Crippen LogP contribution in [0, 0.1) is 0 Å². The number of carbonyl (C=O) groups excluding carboxylic acids is 1. The third-order valence-electron chi connectivity index (χ3n) is 2.64. The molecule has 5 nitrogen and oxygen atoms in total. The van der Waals surface area contributed by atoms with Crippen molar-refractivity contribution in [3.05, 3.63) is 29.6 Å². The lowest BCUT2D eigenvalue weighted by Crippen LogP contribution is -2.40. The van der Waals surface area contributed by atoms with Crippen LogP contribution < -0.4 is 0 Å². The standard InChI is InChI=1S/C14H19F3N2O3/c1-9(19(21)12(20)22-13(2,3)4)7-10-5-6-11(18-8-10)14(15,16)17/h5-6,8-9,21H,7H2,1-4H3/t9-/m0/s1. The molecule has 0 aromatic carbocycles. The number of ether oxygens (including phenoxy) is 1. The van der Waals surface area contributed by atoms with E-state index in [1.165, 1.54) is 6.07 Å². The number of halogens is 3. The molecule has 0 spiro atoms. The van der Waals surface area contributed by atoms with E-state index in [0.29, 0.717) is 10.6 Å². The van der Waals surface area contributed by atoms with Crippen molar-refractivity contribution in [1.29, 1.82) is 0 Å². The molecule has 0 aliphatic heterocycles. The molecule has 1 rings (SSSR count). The van der Waals surface area contributed by atoms with Gasteiger partial charge in [0.2, 0.25) is 0 Å². The second-order valence-corrected chi connectivity index (χ2v) is 5.93. The molecule has 0 saturated carbocycles. The van der Waals surface area contributed by atoms with E-state index in [4.69, 9.17) is 4.74 Å². The van der Waals surface area contributed by atoms with Gasteiger partial charge in [-0.1, -0.05) is 6.07 Å². The van der Waals surface area contributed by atoms with Gasteiger partial charge in [-0.05, 0) is 45.7 Å². The zero-order valence-electron chi connectivity index (χ0n) is 12.8. The van der Waals surface area contributed by atoms with E-state index in [9.17, 15) is 23.2 Å². The first-order chi connectivity index (χ1) is 9.90. The molecule has 0 unspecified atom stereocenters. The van der Waals surface area contributed by atoms with Gasteiger partial charge in [0.1, 0.15) is 11.3 Å². The summed E-state index contributed by atoms with van der Waals surface area (Å²) >= 11 is 0. The number of nitrogens with zero attached hydrogens (tertiary/aromatic N) is 2. The first-order valence-electron chi connectivity index (χ1n) is 6.63. The molecule has 8 heteroatoms. The number of hydroxylamine groups is 2. The van der Waals surface area contributed by atoms with Crippen LogP contribution in [0.25, 0.3) is 0 Å². The van der Waals surface area contributed by atoms with Crippen LogP contribution in [0.5, 0.6) is 0 Å². The molecule has 1 aromatic rings. The van der Waals surface area contributed by atoms with Gasteiger partial charge < -0.3 is 4.74 Å². The van der Waals surface area contributed by atoms with Crippen molar-refractivity contribution in [2.75, 3.05) is 0 Å². The van der Waals surface area contributed by atoms with Crippen LogP contribution in [0.4, 0.5) is 18.0 Å². The average Bonchev–Trinajstić information content (AvgIpc) is 2.35. The third kappa shape index (κ3) is 5.51. The summed E-state index contributed by atoms with van der Waals surface area (Å²) in [5, 5.41) is 10.2. The summed E-state index contributed by atoms with van der Waals surface area (Å²) in [5.74, 6) is 0. The van der Waals surface area contributed by atoms with Crippen molar-refractivity contribution in [2.45, 2.75) is 51.9 Å². The maximum Gasteiger partial charge on any atom is 0.434 e. The summed E-state index contributed by atoms with van der Waals surface area (Å²) in [6.45, 7) is 6.51. The highest BCUT2D eigenvalue weighted by Gasteiger charge is 2.32. The van der Waals surface area contributed by atoms with Gasteiger partial charge in [-0.25, -0.2) is 4.79 Å². The smallest absolute Gasteiger partial charge is 0.434 e. The first kappa shape index (κ1) is 18.2. The summed E-state index contributed by atoms with van der Waals surface area (Å²) < 4.78 is 42.2. The van der Waals surface area contributed by atoms with Gasteiger partial charge in [-0.15, -0.1) is 0 Å². The van der Waals surface area contributed by atoms with Gasteiger partial charge in [0.25, 0.3) is 0 Å². The Balaban J connectivity index is 2.68. The van der Waals surface area contributed by atoms with Gasteiger partial charge in [0.15, 0.2) is 0 Å². The summed E-state index contributed by atoms with van der Waals surface area (Å²) in [6, 6.07) is 1.44. The minimum Gasteiger partial charge on any atom is -0.442 e. The van der Waals surface area contributed by atoms with Crippen molar-refractivity contribution in [1.82, 2.24) is 10.0 Å². The summed E-state index contributed by atoms with van der Waals surface area (Å²) in [7, 11) is 0. The molecule has 22 heavy (non-hydrogen) atoms. The lowest BCUT2D eigenvalue weighted by molar-refractivity contribution is -0.141. The molecule has 1 heterocycles. The average molecular weight is 320 g/mol. The number of amides is 1. The Kier molecular flexibility index (Phi) is 5.39. The van der Waals surface area contributed by atoms with Crippen LogP contribution in [-0.2, 0) is 17.3 Å². The second-order valence-electron chi connectivity index (χ2n) is 5.93. The SMILES string of the molecule is C[C@@H](Cc1ccc(C(F)(F)F)nc1)N(O)C(=O)OC(C)(C)C. The number of rotatable bonds is 3. The van der Waals surface area contributed by atoms with Crippen molar-refractivity contribution in [3.8, 4) is 0 Å². The highest BCUT2D eigenvalue weighted by Crippen LogP contribution is 2.27. The molecule has 0 aliphatic carbocycles. The molecular weight excluding hydrogens is 301 g/mol. The molecule has 0 radical (unpaired) electrons. The molecule has 124 valence electrons. The Morgan fingerprint density at radius 2 is 1.95 bits per heavy atom. The predicted octanol–water partition coefficient (Wildman–Crippen LogP) is 3.66. The van der Waals surface area contributed by atoms with Crippen LogP contribution in [-0.4, -0.2) is 33.0 Å². The van der Waals surface area contributed by atoms with Crippen LogP contribution in [0.15, 0.2) is 18.3 Å². The van der Waals surface area contributed by atoms with E-state index >= 15 is 0 Å². The van der Waals surface area contributed by atoms with Crippen LogP contribution >= 0.6 is 0 Å². The van der Waals surface area contributed by atoms with E-state index in [0.717, 1.165) is 12.3 Å². The molecule has 0 aliphatic rings. The Hall–Kier alpha value is -1.83. The second kappa shape index (κ2) is 6.51. The van der Waals surface area contributed by atoms with E-state index < -0.39 is 29.6 Å². The summed E-state index contributed by atoms with van der Waals surface area (Å²) in [6.07, 6.45) is -4.20. The van der Waals surface area contributed by atoms with Crippen LogP contribution in [0.2, 0.25) is 0 Å². The minimum atomic E-state index is -4.50. The van der Waals surface area contributed by atoms with Gasteiger partial charge in [0.05, 0.1) is 6.04 Å². The summed E-state index contributed by atoms with van der Waals surface area (Å²) in [5.41, 5.74) is -1.28. The number of aromatic nitrogens is 1. The molecule has 0 fully saturated rings. The molecular formula is C14H19F3N2O3. The van der Waals surface area contributed by atoms with Gasteiger partial charge >= 0.3 is 12.3 Å².